The van der Waals surface area contributed by atoms with Gasteiger partial charge in [0.05, 0.1) is 0 Å². The lowest BCUT2D eigenvalue weighted by atomic mass is 10.1. The van der Waals surface area contributed by atoms with Crippen molar-refractivity contribution in [3.63, 3.8) is 0 Å². The van der Waals surface area contributed by atoms with E-state index in [1.165, 1.54) is 49.7 Å². The van der Waals surface area contributed by atoms with Gasteiger partial charge >= 0.3 is 0 Å². The van der Waals surface area contributed by atoms with Crippen molar-refractivity contribution in [2.24, 2.45) is 0 Å². The van der Waals surface area contributed by atoms with E-state index in [2.05, 4.69) is 31.3 Å². The van der Waals surface area contributed by atoms with Gasteiger partial charge in [-0.15, -0.1) is 0 Å². The Bertz CT molecular complexity index is 336. The van der Waals surface area contributed by atoms with Gasteiger partial charge in [0.15, 0.2) is 0 Å². The molecule has 0 fully saturated rings. The Morgan fingerprint density at radius 2 is 1.78 bits per heavy atom. The molecular weight excluding hydrogens is 242 g/mol. The average Bonchev–Trinajstić information content (AvgIpc) is 2.35. The first-order valence-electron chi connectivity index (χ1n) is 7.19. The molecule has 0 aliphatic heterocycles. The zero-order chi connectivity index (χ0) is 13.2. The number of aryl methyl sites for hydroxylation is 1. The van der Waals surface area contributed by atoms with Crippen molar-refractivity contribution in [3.8, 4) is 0 Å². The highest BCUT2D eigenvalue weighted by Gasteiger charge is 1.99. The topological polar surface area (TPSA) is 12.0 Å². The predicted octanol–water partition coefficient (Wildman–Crippen LogP) is 5.10. The molecule has 18 heavy (non-hydrogen) atoms. The summed E-state index contributed by atoms with van der Waals surface area (Å²) in [7, 11) is 0. The first-order valence-corrected chi connectivity index (χ1v) is 7.57. The minimum atomic E-state index is 0.880. The molecule has 0 unspecified atom stereocenters. The third-order valence-corrected chi connectivity index (χ3v) is 3.58. The van der Waals surface area contributed by atoms with E-state index in [0.29, 0.717) is 0 Å². The summed E-state index contributed by atoms with van der Waals surface area (Å²) in [6.45, 7) is 6.30. The second-order valence-corrected chi connectivity index (χ2v) is 5.45. The largest absolute Gasteiger partial charge is 0.313 e. The molecule has 0 atom stereocenters. The molecule has 0 saturated carbocycles. The fourth-order valence-electron chi connectivity index (χ4n) is 2.05. The molecule has 1 rings (SSSR count). The third-order valence-electron chi connectivity index (χ3n) is 3.23. The maximum absolute atomic E-state index is 6.19. The Morgan fingerprint density at radius 1 is 1.06 bits per heavy atom. The molecule has 102 valence electrons. The van der Waals surface area contributed by atoms with Crippen LogP contribution < -0.4 is 5.32 Å². The fraction of sp³-hybridized carbons (Fsp3) is 0.625. The average molecular weight is 268 g/mol. The minimum absolute atomic E-state index is 0.880. The molecule has 0 radical (unpaired) electrons. The molecular formula is C16H26ClN. The van der Waals surface area contributed by atoms with Crippen LogP contribution in [0.25, 0.3) is 0 Å². The highest BCUT2D eigenvalue weighted by atomic mass is 35.5. The molecule has 1 nitrogen and oxygen atoms in total. The number of hydrogen-bond donors (Lipinski definition) is 1. The van der Waals surface area contributed by atoms with E-state index in [9.17, 15) is 0 Å². The zero-order valence-electron chi connectivity index (χ0n) is 11.8. The molecule has 0 spiro atoms. The van der Waals surface area contributed by atoms with E-state index < -0.39 is 0 Å². The quantitative estimate of drug-likeness (QED) is 0.614. The highest BCUT2D eigenvalue weighted by Crippen LogP contribution is 2.17. The summed E-state index contributed by atoms with van der Waals surface area (Å²) in [6.07, 6.45) is 8.08. The van der Waals surface area contributed by atoms with Crippen LogP contribution in [0.3, 0.4) is 0 Å². The van der Waals surface area contributed by atoms with E-state index in [-0.39, 0.29) is 0 Å². The number of halogens is 1. The molecule has 1 aromatic rings. The van der Waals surface area contributed by atoms with Crippen LogP contribution in [0, 0.1) is 6.92 Å². The van der Waals surface area contributed by atoms with E-state index in [1.807, 2.05) is 6.07 Å². The van der Waals surface area contributed by atoms with Crippen LogP contribution in [0.1, 0.15) is 56.6 Å². The molecule has 0 saturated heterocycles. The maximum atomic E-state index is 6.19. The summed E-state index contributed by atoms with van der Waals surface area (Å²) in [5.74, 6) is 0. The first-order chi connectivity index (χ1) is 8.74. The van der Waals surface area contributed by atoms with Crippen molar-refractivity contribution < 1.29 is 0 Å². The zero-order valence-corrected chi connectivity index (χ0v) is 12.5. The number of benzene rings is 1. The maximum Gasteiger partial charge on any atom is 0.0453 e. The number of rotatable bonds is 9. The van der Waals surface area contributed by atoms with Crippen molar-refractivity contribution in [3.05, 3.63) is 34.3 Å². The number of hydrogen-bond acceptors (Lipinski definition) is 1. The van der Waals surface area contributed by atoms with Gasteiger partial charge in [0.2, 0.25) is 0 Å². The summed E-state index contributed by atoms with van der Waals surface area (Å²) in [4.78, 5) is 0. The fourth-order valence-corrected chi connectivity index (χ4v) is 2.35. The lowest BCUT2D eigenvalue weighted by molar-refractivity contribution is 0.572. The first kappa shape index (κ1) is 15.5. The molecule has 0 aliphatic carbocycles. The Morgan fingerprint density at radius 3 is 2.50 bits per heavy atom. The SMILES string of the molecule is CCCCCCCCNCc1ccc(C)cc1Cl. The van der Waals surface area contributed by atoms with Crippen LogP contribution in [-0.2, 0) is 6.54 Å². The minimum Gasteiger partial charge on any atom is -0.313 e. The van der Waals surface area contributed by atoms with Crippen LogP contribution in [-0.4, -0.2) is 6.54 Å². The van der Waals surface area contributed by atoms with E-state index >= 15 is 0 Å². The number of unbranched alkanes of at least 4 members (excludes halogenated alkanes) is 5. The molecule has 0 amide bonds. The molecule has 0 bridgehead atoms. The van der Waals surface area contributed by atoms with Gasteiger partial charge in [-0.3, -0.25) is 0 Å². The van der Waals surface area contributed by atoms with Crippen LogP contribution in [0.2, 0.25) is 5.02 Å². The molecule has 0 aliphatic rings. The van der Waals surface area contributed by atoms with Gasteiger partial charge < -0.3 is 5.32 Å². The number of nitrogens with one attached hydrogen (secondary N) is 1. The van der Waals surface area contributed by atoms with Gasteiger partial charge in [0.1, 0.15) is 0 Å². The summed E-state index contributed by atoms with van der Waals surface area (Å²) in [6, 6.07) is 6.27. The van der Waals surface area contributed by atoms with Gasteiger partial charge in [-0.1, -0.05) is 62.8 Å². The van der Waals surface area contributed by atoms with Crippen molar-refractivity contribution in [1.29, 1.82) is 0 Å². The molecule has 1 aromatic carbocycles. The van der Waals surface area contributed by atoms with Crippen molar-refractivity contribution in [1.82, 2.24) is 5.32 Å². The second-order valence-electron chi connectivity index (χ2n) is 5.04. The molecule has 0 heterocycles. The van der Waals surface area contributed by atoms with Gasteiger partial charge in [-0.2, -0.15) is 0 Å². The highest BCUT2D eigenvalue weighted by molar-refractivity contribution is 6.31. The monoisotopic (exact) mass is 267 g/mol. The Balaban J connectivity index is 2.07. The van der Waals surface area contributed by atoms with Crippen LogP contribution in [0.5, 0.6) is 0 Å². The van der Waals surface area contributed by atoms with Crippen LogP contribution >= 0.6 is 11.6 Å². The Labute approximate surface area is 117 Å². The Kier molecular flexibility index (Phi) is 8.11. The van der Waals surface area contributed by atoms with E-state index in [4.69, 9.17) is 11.6 Å². The third kappa shape index (κ3) is 6.42. The Hall–Kier alpha value is -0.530. The summed E-state index contributed by atoms with van der Waals surface area (Å²) < 4.78 is 0. The predicted molar refractivity (Wildman–Crippen MR) is 81.3 cm³/mol. The van der Waals surface area contributed by atoms with Crippen LogP contribution in [0.4, 0.5) is 0 Å². The summed E-state index contributed by atoms with van der Waals surface area (Å²) in [5.41, 5.74) is 2.42. The van der Waals surface area contributed by atoms with Gasteiger partial charge in [0.25, 0.3) is 0 Å². The summed E-state index contributed by atoms with van der Waals surface area (Å²) >= 11 is 6.19. The normalized spacial score (nSPS) is 10.8. The summed E-state index contributed by atoms with van der Waals surface area (Å²) in [5, 5.41) is 4.35. The lowest BCUT2D eigenvalue weighted by Gasteiger charge is -2.07. The van der Waals surface area contributed by atoms with Gasteiger partial charge in [-0.05, 0) is 37.1 Å². The molecule has 2 heteroatoms. The lowest BCUT2D eigenvalue weighted by Crippen LogP contribution is -2.14. The smallest absolute Gasteiger partial charge is 0.0453 e. The van der Waals surface area contributed by atoms with Crippen molar-refractivity contribution >= 4 is 11.6 Å². The van der Waals surface area contributed by atoms with Gasteiger partial charge in [0, 0.05) is 11.6 Å². The molecule has 0 aromatic heterocycles. The van der Waals surface area contributed by atoms with Crippen molar-refractivity contribution in [2.75, 3.05) is 6.54 Å². The van der Waals surface area contributed by atoms with Crippen LogP contribution in [0.15, 0.2) is 18.2 Å². The standard InChI is InChI=1S/C16H26ClN/c1-3-4-5-6-7-8-11-18-13-15-10-9-14(2)12-16(15)17/h9-10,12,18H,3-8,11,13H2,1-2H3. The van der Waals surface area contributed by atoms with E-state index in [1.54, 1.807) is 0 Å². The molecule has 1 N–H and O–H groups in total. The van der Waals surface area contributed by atoms with Gasteiger partial charge in [-0.25, -0.2) is 0 Å². The second kappa shape index (κ2) is 9.41. The van der Waals surface area contributed by atoms with E-state index in [0.717, 1.165) is 18.1 Å². The van der Waals surface area contributed by atoms with Crippen molar-refractivity contribution in [2.45, 2.75) is 58.9 Å².